The smallest absolute Gasteiger partial charge is 0.307 e. The van der Waals surface area contributed by atoms with Crippen molar-refractivity contribution in [2.45, 2.75) is 32.1 Å². The third-order valence-corrected chi connectivity index (χ3v) is 6.04. The Balaban J connectivity index is 1.31. The molecule has 0 radical (unpaired) electrons. The van der Waals surface area contributed by atoms with Crippen LogP contribution < -0.4 is 0 Å². The third-order valence-electron chi connectivity index (χ3n) is 6.04. The summed E-state index contributed by atoms with van der Waals surface area (Å²) in [5, 5.41) is 11.6. The summed E-state index contributed by atoms with van der Waals surface area (Å²) in [6.07, 6.45) is 3.75. The standard InChI is InChI=1S/C21H23NO3/c23-19(22-11-9-21(10-12-22)14-18(21)20(24)25)8-6-15-5-7-16-3-1-2-4-17(16)13-15/h1-5,7,13,18H,6,8-12,14H2,(H,24,25). The number of hydrogen-bond donors (Lipinski definition) is 1. The van der Waals surface area contributed by atoms with Gasteiger partial charge in [0.1, 0.15) is 0 Å². The lowest BCUT2D eigenvalue weighted by molar-refractivity contribution is -0.139. The minimum atomic E-state index is -0.670. The minimum Gasteiger partial charge on any atom is -0.481 e. The zero-order valence-corrected chi connectivity index (χ0v) is 14.3. The molecule has 1 aliphatic heterocycles. The molecule has 1 heterocycles. The molecule has 1 saturated carbocycles. The van der Waals surface area contributed by atoms with Crippen molar-refractivity contribution in [3.63, 3.8) is 0 Å². The molecule has 2 aliphatic rings. The zero-order chi connectivity index (χ0) is 17.4. The number of carboxylic acid groups (broad SMARTS) is 1. The number of piperidine rings is 1. The minimum absolute atomic E-state index is 0.0129. The van der Waals surface area contributed by atoms with Gasteiger partial charge in [-0.25, -0.2) is 0 Å². The van der Waals surface area contributed by atoms with Crippen LogP contribution in [0.25, 0.3) is 10.8 Å². The first-order valence-corrected chi connectivity index (χ1v) is 9.06. The lowest BCUT2D eigenvalue weighted by Gasteiger charge is -2.32. The van der Waals surface area contributed by atoms with Gasteiger partial charge in [0, 0.05) is 19.5 Å². The molecule has 1 aliphatic carbocycles. The van der Waals surface area contributed by atoms with Gasteiger partial charge in [-0.1, -0.05) is 42.5 Å². The van der Waals surface area contributed by atoms with E-state index < -0.39 is 5.97 Å². The van der Waals surface area contributed by atoms with Crippen molar-refractivity contribution in [2.24, 2.45) is 11.3 Å². The Labute approximate surface area is 147 Å². The van der Waals surface area contributed by atoms with Crippen molar-refractivity contribution in [3.8, 4) is 0 Å². The summed E-state index contributed by atoms with van der Waals surface area (Å²) in [5.74, 6) is -0.658. The highest BCUT2D eigenvalue weighted by molar-refractivity contribution is 5.83. The molecule has 130 valence electrons. The first-order chi connectivity index (χ1) is 12.1. The van der Waals surface area contributed by atoms with Gasteiger partial charge in [-0.3, -0.25) is 9.59 Å². The summed E-state index contributed by atoms with van der Waals surface area (Å²) in [4.78, 5) is 25.5. The number of rotatable bonds is 4. The van der Waals surface area contributed by atoms with Crippen LogP contribution in [0.5, 0.6) is 0 Å². The van der Waals surface area contributed by atoms with Crippen LogP contribution in [0.3, 0.4) is 0 Å². The second-order valence-corrected chi connectivity index (χ2v) is 7.52. The van der Waals surface area contributed by atoms with Crippen LogP contribution in [-0.4, -0.2) is 35.0 Å². The Morgan fingerprint density at radius 2 is 1.80 bits per heavy atom. The highest BCUT2D eigenvalue weighted by Crippen LogP contribution is 2.59. The van der Waals surface area contributed by atoms with Gasteiger partial charge in [-0.2, -0.15) is 0 Å². The van der Waals surface area contributed by atoms with Crippen molar-refractivity contribution in [1.29, 1.82) is 0 Å². The molecular weight excluding hydrogens is 314 g/mol. The molecule has 1 unspecified atom stereocenters. The maximum Gasteiger partial charge on any atom is 0.307 e. The lowest BCUT2D eigenvalue weighted by Crippen LogP contribution is -2.40. The summed E-state index contributed by atoms with van der Waals surface area (Å²) in [7, 11) is 0. The Morgan fingerprint density at radius 1 is 1.08 bits per heavy atom. The number of carbonyl (C=O) groups is 2. The molecule has 1 atom stereocenters. The van der Waals surface area contributed by atoms with E-state index in [2.05, 4.69) is 30.3 Å². The van der Waals surface area contributed by atoms with Crippen molar-refractivity contribution in [1.82, 2.24) is 4.90 Å². The zero-order valence-electron chi connectivity index (χ0n) is 14.3. The van der Waals surface area contributed by atoms with Crippen molar-refractivity contribution in [3.05, 3.63) is 48.0 Å². The molecule has 0 aromatic heterocycles. The van der Waals surface area contributed by atoms with Gasteiger partial charge >= 0.3 is 5.97 Å². The van der Waals surface area contributed by atoms with Gasteiger partial charge in [0.15, 0.2) is 0 Å². The van der Waals surface area contributed by atoms with E-state index in [4.69, 9.17) is 5.11 Å². The maximum atomic E-state index is 12.5. The van der Waals surface area contributed by atoms with Crippen LogP contribution in [-0.2, 0) is 16.0 Å². The quantitative estimate of drug-likeness (QED) is 0.929. The van der Waals surface area contributed by atoms with Crippen LogP contribution >= 0.6 is 0 Å². The number of likely N-dealkylation sites (tertiary alicyclic amines) is 1. The van der Waals surface area contributed by atoms with Crippen molar-refractivity contribution >= 4 is 22.6 Å². The second-order valence-electron chi connectivity index (χ2n) is 7.52. The number of nitrogens with zero attached hydrogens (tertiary/aromatic N) is 1. The number of carbonyl (C=O) groups excluding carboxylic acids is 1. The average Bonchev–Trinajstić information content (AvgIpc) is 3.34. The summed E-state index contributed by atoms with van der Waals surface area (Å²) in [5.41, 5.74) is 1.18. The molecule has 0 bridgehead atoms. The first-order valence-electron chi connectivity index (χ1n) is 9.06. The Hall–Kier alpha value is -2.36. The predicted molar refractivity (Wildman–Crippen MR) is 96.3 cm³/mol. The molecule has 2 aromatic rings. The number of aryl methyl sites for hydroxylation is 1. The summed E-state index contributed by atoms with van der Waals surface area (Å²) in [6, 6.07) is 14.6. The van der Waals surface area contributed by atoms with E-state index >= 15 is 0 Å². The number of benzene rings is 2. The van der Waals surface area contributed by atoms with Gasteiger partial charge < -0.3 is 10.0 Å². The Morgan fingerprint density at radius 3 is 2.48 bits per heavy atom. The van der Waals surface area contributed by atoms with Crippen LogP contribution in [0.15, 0.2) is 42.5 Å². The van der Waals surface area contributed by atoms with Crippen LogP contribution in [0.2, 0.25) is 0 Å². The van der Waals surface area contributed by atoms with E-state index in [-0.39, 0.29) is 17.2 Å². The van der Waals surface area contributed by atoms with Gasteiger partial charge in [-0.05, 0) is 47.4 Å². The van der Waals surface area contributed by atoms with Gasteiger partial charge in [0.2, 0.25) is 5.91 Å². The number of carboxylic acids is 1. The van der Waals surface area contributed by atoms with Crippen LogP contribution in [0.4, 0.5) is 0 Å². The van der Waals surface area contributed by atoms with Crippen LogP contribution in [0, 0.1) is 11.3 Å². The molecule has 1 N–H and O–H groups in total. The number of aliphatic carboxylic acids is 1. The van der Waals surface area contributed by atoms with E-state index in [1.165, 1.54) is 16.3 Å². The van der Waals surface area contributed by atoms with Gasteiger partial charge in [0.25, 0.3) is 0 Å². The largest absolute Gasteiger partial charge is 0.481 e. The van der Waals surface area contributed by atoms with E-state index in [0.29, 0.717) is 19.5 Å². The lowest BCUT2D eigenvalue weighted by atomic mass is 9.90. The molecular formula is C21H23NO3. The van der Waals surface area contributed by atoms with E-state index in [9.17, 15) is 9.59 Å². The second kappa shape index (κ2) is 6.17. The number of fused-ring (bicyclic) bond motifs is 1. The molecule has 1 saturated heterocycles. The van der Waals surface area contributed by atoms with Crippen molar-refractivity contribution < 1.29 is 14.7 Å². The number of amides is 1. The average molecular weight is 337 g/mol. The highest BCUT2D eigenvalue weighted by Gasteiger charge is 2.59. The third kappa shape index (κ3) is 3.13. The molecule has 4 nitrogen and oxygen atoms in total. The van der Waals surface area contributed by atoms with E-state index in [1.54, 1.807) is 0 Å². The SMILES string of the molecule is O=C(O)C1CC12CCN(C(=O)CCc1ccc3ccccc3c1)CC2. The van der Waals surface area contributed by atoms with Crippen LogP contribution in [0.1, 0.15) is 31.2 Å². The van der Waals surface area contributed by atoms with E-state index in [0.717, 1.165) is 25.7 Å². The maximum absolute atomic E-state index is 12.5. The normalized spacial score (nSPS) is 21.4. The fourth-order valence-corrected chi connectivity index (χ4v) is 4.25. The molecule has 1 amide bonds. The monoisotopic (exact) mass is 337 g/mol. The molecule has 2 fully saturated rings. The topological polar surface area (TPSA) is 57.6 Å². The molecule has 4 heteroatoms. The Bertz CT molecular complexity index is 821. The molecule has 1 spiro atoms. The fourth-order valence-electron chi connectivity index (χ4n) is 4.25. The molecule has 2 aromatic carbocycles. The first kappa shape index (κ1) is 16.1. The van der Waals surface area contributed by atoms with Gasteiger partial charge in [-0.15, -0.1) is 0 Å². The van der Waals surface area contributed by atoms with E-state index in [1.807, 2.05) is 17.0 Å². The van der Waals surface area contributed by atoms with Gasteiger partial charge in [0.05, 0.1) is 5.92 Å². The summed E-state index contributed by atoms with van der Waals surface area (Å²) >= 11 is 0. The predicted octanol–water partition coefficient (Wildman–Crippen LogP) is 3.49. The van der Waals surface area contributed by atoms with Crippen molar-refractivity contribution in [2.75, 3.05) is 13.1 Å². The molecule has 4 rings (SSSR count). The fraction of sp³-hybridized carbons (Fsp3) is 0.429. The molecule has 25 heavy (non-hydrogen) atoms. The summed E-state index contributed by atoms with van der Waals surface area (Å²) in [6.45, 7) is 1.42. The highest BCUT2D eigenvalue weighted by atomic mass is 16.4. The summed E-state index contributed by atoms with van der Waals surface area (Å²) < 4.78 is 0. The Kier molecular flexibility index (Phi) is 3.98. The number of hydrogen-bond acceptors (Lipinski definition) is 2.